The molecule has 5 nitrogen and oxygen atoms in total. The third-order valence-electron chi connectivity index (χ3n) is 5.45. The lowest BCUT2D eigenvalue weighted by molar-refractivity contribution is -0.120. The maximum Gasteiger partial charge on any atom is 0.224 e. The van der Waals surface area contributed by atoms with Crippen LogP contribution in [0.25, 0.3) is 11.0 Å². The van der Waals surface area contributed by atoms with Gasteiger partial charge in [0, 0.05) is 24.5 Å². The van der Waals surface area contributed by atoms with Crippen LogP contribution in [0.2, 0.25) is 5.02 Å². The van der Waals surface area contributed by atoms with Crippen molar-refractivity contribution < 1.29 is 9.53 Å². The van der Waals surface area contributed by atoms with E-state index in [1.54, 1.807) is 0 Å². The predicted molar refractivity (Wildman–Crippen MR) is 133 cm³/mol. The first-order valence-electron chi connectivity index (χ1n) is 11.3. The largest absolute Gasteiger partial charge is 0.494 e. The van der Waals surface area contributed by atoms with Crippen LogP contribution in [0, 0.1) is 0 Å². The second-order valence-corrected chi connectivity index (χ2v) is 8.38. The minimum Gasteiger partial charge on any atom is -0.494 e. The summed E-state index contributed by atoms with van der Waals surface area (Å²) in [5.41, 5.74) is 3.16. The summed E-state index contributed by atoms with van der Waals surface area (Å²) in [5, 5.41) is 3.73. The van der Waals surface area contributed by atoms with E-state index in [-0.39, 0.29) is 5.91 Å². The zero-order valence-corrected chi connectivity index (χ0v) is 19.3. The molecule has 1 amide bonds. The standard InChI is InChI=1S/C27H28ClN3O2/c28-22-13-15-23(16-14-22)33-19-7-18-31-25-11-5-4-10-24(25)30-26(31)12-6-17-29-27(32)20-21-8-2-1-3-9-21/h1-5,8-11,13-16H,6-7,12,17-20H2,(H,29,32). The number of aromatic nitrogens is 2. The van der Waals surface area contributed by atoms with Gasteiger partial charge in [-0.3, -0.25) is 4.79 Å². The summed E-state index contributed by atoms with van der Waals surface area (Å²) in [6, 6.07) is 25.4. The third-order valence-corrected chi connectivity index (χ3v) is 5.70. The molecule has 3 aromatic carbocycles. The highest BCUT2D eigenvalue weighted by Crippen LogP contribution is 2.19. The van der Waals surface area contributed by atoms with Crippen LogP contribution in [-0.2, 0) is 24.2 Å². The van der Waals surface area contributed by atoms with Gasteiger partial charge in [0.05, 0.1) is 24.1 Å². The van der Waals surface area contributed by atoms with Crippen LogP contribution in [0.4, 0.5) is 0 Å². The van der Waals surface area contributed by atoms with E-state index in [0.29, 0.717) is 24.6 Å². The topological polar surface area (TPSA) is 56.2 Å². The monoisotopic (exact) mass is 461 g/mol. The van der Waals surface area contributed by atoms with Crippen LogP contribution in [0.1, 0.15) is 24.2 Å². The van der Waals surface area contributed by atoms with Gasteiger partial charge in [-0.15, -0.1) is 0 Å². The Morgan fingerprint density at radius 2 is 1.70 bits per heavy atom. The van der Waals surface area contributed by atoms with Crippen LogP contribution in [0.3, 0.4) is 0 Å². The predicted octanol–water partition coefficient (Wildman–Crippen LogP) is 5.45. The molecule has 0 bridgehead atoms. The molecule has 0 radical (unpaired) electrons. The number of amides is 1. The Bertz CT molecular complexity index is 1170. The van der Waals surface area contributed by atoms with Gasteiger partial charge in [0.25, 0.3) is 0 Å². The Morgan fingerprint density at radius 1 is 0.939 bits per heavy atom. The molecule has 0 aliphatic carbocycles. The fourth-order valence-corrected chi connectivity index (χ4v) is 3.95. The molecule has 170 valence electrons. The Morgan fingerprint density at radius 3 is 2.52 bits per heavy atom. The number of ether oxygens (including phenoxy) is 1. The van der Waals surface area contributed by atoms with Crippen molar-refractivity contribution in [3.63, 3.8) is 0 Å². The normalized spacial score (nSPS) is 10.9. The molecule has 0 unspecified atom stereocenters. The number of rotatable bonds is 11. The second kappa shape index (κ2) is 11.5. The smallest absolute Gasteiger partial charge is 0.224 e. The summed E-state index contributed by atoms with van der Waals surface area (Å²) >= 11 is 5.93. The van der Waals surface area contributed by atoms with Crippen LogP contribution in [-0.4, -0.2) is 28.6 Å². The number of fused-ring (bicyclic) bond motifs is 1. The number of halogens is 1. The van der Waals surface area contributed by atoms with Gasteiger partial charge in [-0.05, 0) is 54.8 Å². The summed E-state index contributed by atoms with van der Waals surface area (Å²) in [7, 11) is 0. The molecule has 1 heterocycles. The summed E-state index contributed by atoms with van der Waals surface area (Å²) < 4.78 is 8.12. The van der Waals surface area contributed by atoms with Gasteiger partial charge >= 0.3 is 0 Å². The molecular formula is C27H28ClN3O2. The lowest BCUT2D eigenvalue weighted by Gasteiger charge is -2.11. The molecule has 0 spiro atoms. The average molecular weight is 462 g/mol. The van der Waals surface area contributed by atoms with E-state index < -0.39 is 0 Å². The Kier molecular flexibility index (Phi) is 7.99. The van der Waals surface area contributed by atoms with Crippen molar-refractivity contribution in [2.24, 2.45) is 0 Å². The van der Waals surface area contributed by atoms with E-state index in [0.717, 1.165) is 54.0 Å². The molecule has 33 heavy (non-hydrogen) atoms. The van der Waals surface area contributed by atoms with Crippen molar-refractivity contribution in [2.45, 2.75) is 32.2 Å². The number of carbonyl (C=O) groups excluding carboxylic acids is 1. The van der Waals surface area contributed by atoms with E-state index in [2.05, 4.69) is 16.0 Å². The van der Waals surface area contributed by atoms with E-state index >= 15 is 0 Å². The van der Waals surface area contributed by atoms with Gasteiger partial charge in [-0.1, -0.05) is 54.1 Å². The molecule has 0 aliphatic rings. The summed E-state index contributed by atoms with van der Waals surface area (Å²) in [6.07, 6.45) is 2.92. The molecule has 1 aromatic heterocycles. The summed E-state index contributed by atoms with van der Waals surface area (Å²) in [6.45, 7) is 2.07. The molecule has 0 fully saturated rings. The van der Waals surface area contributed by atoms with Crippen molar-refractivity contribution >= 4 is 28.5 Å². The summed E-state index contributed by atoms with van der Waals surface area (Å²) in [4.78, 5) is 17.0. The number of benzene rings is 3. The fourth-order valence-electron chi connectivity index (χ4n) is 3.83. The fraction of sp³-hybridized carbons (Fsp3) is 0.259. The number of nitrogens with one attached hydrogen (secondary N) is 1. The maximum absolute atomic E-state index is 12.2. The molecule has 6 heteroatoms. The number of hydrogen-bond acceptors (Lipinski definition) is 3. The van der Waals surface area contributed by atoms with Crippen LogP contribution in [0.15, 0.2) is 78.9 Å². The van der Waals surface area contributed by atoms with E-state index in [4.69, 9.17) is 21.3 Å². The van der Waals surface area contributed by atoms with Crippen molar-refractivity contribution in [3.8, 4) is 5.75 Å². The van der Waals surface area contributed by atoms with Crippen molar-refractivity contribution in [3.05, 3.63) is 95.3 Å². The average Bonchev–Trinajstić information content (AvgIpc) is 3.19. The zero-order chi connectivity index (χ0) is 22.9. The molecule has 4 aromatic rings. The molecule has 1 N–H and O–H groups in total. The lowest BCUT2D eigenvalue weighted by atomic mass is 10.1. The first-order valence-corrected chi connectivity index (χ1v) is 11.7. The van der Waals surface area contributed by atoms with Gasteiger partial charge in [0.15, 0.2) is 0 Å². The molecule has 0 saturated carbocycles. The van der Waals surface area contributed by atoms with E-state index in [9.17, 15) is 4.79 Å². The number of para-hydroxylation sites is 2. The maximum atomic E-state index is 12.2. The second-order valence-electron chi connectivity index (χ2n) is 7.94. The van der Waals surface area contributed by atoms with Gasteiger partial charge in [0.2, 0.25) is 5.91 Å². The zero-order valence-electron chi connectivity index (χ0n) is 18.5. The minimum absolute atomic E-state index is 0.0500. The molecule has 4 rings (SSSR count). The van der Waals surface area contributed by atoms with Gasteiger partial charge < -0.3 is 14.6 Å². The SMILES string of the molecule is O=C(Cc1ccccc1)NCCCc1nc2ccccc2n1CCCOc1ccc(Cl)cc1. The minimum atomic E-state index is 0.0500. The summed E-state index contributed by atoms with van der Waals surface area (Å²) in [5.74, 6) is 1.91. The van der Waals surface area contributed by atoms with Crippen LogP contribution < -0.4 is 10.1 Å². The van der Waals surface area contributed by atoms with E-state index in [1.807, 2.05) is 72.8 Å². The Balaban J connectivity index is 1.29. The van der Waals surface area contributed by atoms with E-state index in [1.165, 1.54) is 0 Å². The van der Waals surface area contributed by atoms with Crippen molar-refractivity contribution in [1.29, 1.82) is 0 Å². The number of nitrogens with zero attached hydrogens (tertiary/aromatic N) is 2. The third kappa shape index (κ3) is 6.59. The lowest BCUT2D eigenvalue weighted by Crippen LogP contribution is -2.26. The first kappa shape index (κ1) is 22.9. The highest BCUT2D eigenvalue weighted by molar-refractivity contribution is 6.30. The van der Waals surface area contributed by atoms with Crippen LogP contribution in [0.5, 0.6) is 5.75 Å². The number of imidazole rings is 1. The van der Waals surface area contributed by atoms with Crippen molar-refractivity contribution in [2.75, 3.05) is 13.2 Å². The molecular weight excluding hydrogens is 434 g/mol. The van der Waals surface area contributed by atoms with Gasteiger partial charge in [-0.2, -0.15) is 0 Å². The molecule has 0 atom stereocenters. The van der Waals surface area contributed by atoms with Crippen LogP contribution >= 0.6 is 11.6 Å². The number of carbonyl (C=O) groups is 1. The highest BCUT2D eigenvalue weighted by Gasteiger charge is 2.11. The first-order chi connectivity index (χ1) is 16.2. The molecule has 0 aliphatic heterocycles. The molecule has 0 saturated heterocycles. The van der Waals surface area contributed by atoms with Gasteiger partial charge in [0.1, 0.15) is 11.6 Å². The Hall–Kier alpha value is -3.31. The van der Waals surface area contributed by atoms with Gasteiger partial charge in [-0.25, -0.2) is 4.98 Å². The van der Waals surface area contributed by atoms with Crippen molar-refractivity contribution in [1.82, 2.24) is 14.9 Å². The number of aryl methyl sites for hydroxylation is 2. The Labute approximate surface area is 199 Å². The highest BCUT2D eigenvalue weighted by atomic mass is 35.5. The number of hydrogen-bond donors (Lipinski definition) is 1. The quantitative estimate of drug-likeness (QED) is 0.302.